The minimum Gasteiger partial charge on any atom is -0.395 e. The van der Waals surface area contributed by atoms with Gasteiger partial charge >= 0.3 is 0 Å². The molecule has 0 aromatic carbocycles. The molecule has 1 fully saturated rings. The first kappa shape index (κ1) is 9.01. The zero-order valence-corrected chi connectivity index (χ0v) is 7.58. The fourth-order valence-corrected chi connectivity index (χ4v) is 1.32. The second-order valence-corrected chi connectivity index (χ2v) is 3.76. The Kier molecular flexibility index (Phi) is 3.34. The van der Waals surface area contributed by atoms with Crippen LogP contribution >= 0.6 is 0 Å². The second kappa shape index (κ2) is 4.07. The molecule has 11 heavy (non-hydrogen) atoms. The third kappa shape index (κ3) is 3.21. The minimum atomic E-state index is 0.297. The Hall–Kier alpha value is -0.0800. The van der Waals surface area contributed by atoms with Gasteiger partial charge in [0.25, 0.3) is 0 Å². The summed E-state index contributed by atoms with van der Waals surface area (Å²) in [6, 6.07) is 0.586. The molecule has 0 aromatic heterocycles. The van der Waals surface area contributed by atoms with E-state index in [1.165, 1.54) is 19.4 Å². The van der Waals surface area contributed by atoms with Gasteiger partial charge in [0.1, 0.15) is 0 Å². The summed E-state index contributed by atoms with van der Waals surface area (Å²) in [6.07, 6.45) is 2.79. The maximum Gasteiger partial charge on any atom is 0.0558 e. The zero-order valence-electron chi connectivity index (χ0n) is 7.58. The first-order chi connectivity index (χ1) is 5.24. The van der Waals surface area contributed by atoms with E-state index < -0.39 is 0 Å². The van der Waals surface area contributed by atoms with Gasteiger partial charge in [-0.05, 0) is 32.6 Å². The molecule has 1 saturated carbocycles. The Balaban J connectivity index is 2.19. The van der Waals surface area contributed by atoms with Crippen LogP contribution in [0.1, 0.15) is 26.7 Å². The molecule has 0 amide bonds. The summed E-state index contributed by atoms with van der Waals surface area (Å²) in [4.78, 5) is 2.36. The van der Waals surface area contributed by atoms with Crippen molar-refractivity contribution in [1.82, 2.24) is 4.90 Å². The van der Waals surface area contributed by atoms with E-state index in [4.69, 9.17) is 5.11 Å². The largest absolute Gasteiger partial charge is 0.395 e. The molecule has 1 aliphatic rings. The highest BCUT2D eigenvalue weighted by molar-refractivity contribution is 4.78. The molecule has 0 atom stereocenters. The Bertz CT molecular complexity index is 110. The van der Waals surface area contributed by atoms with Gasteiger partial charge in [-0.15, -0.1) is 0 Å². The van der Waals surface area contributed by atoms with Crippen LogP contribution in [0, 0.1) is 5.92 Å². The van der Waals surface area contributed by atoms with Crippen LogP contribution in [0.5, 0.6) is 0 Å². The van der Waals surface area contributed by atoms with Crippen molar-refractivity contribution in [2.75, 3.05) is 19.7 Å². The van der Waals surface area contributed by atoms with Crippen molar-refractivity contribution in [1.29, 1.82) is 0 Å². The molecule has 2 nitrogen and oxygen atoms in total. The lowest BCUT2D eigenvalue weighted by Gasteiger charge is -2.25. The molecule has 66 valence electrons. The number of rotatable bonds is 5. The fraction of sp³-hybridized carbons (Fsp3) is 1.00. The molecule has 1 rings (SSSR count). The van der Waals surface area contributed by atoms with Crippen LogP contribution in [0.25, 0.3) is 0 Å². The lowest BCUT2D eigenvalue weighted by atomic mass is 10.3. The number of hydrogen-bond donors (Lipinski definition) is 1. The van der Waals surface area contributed by atoms with Crippen molar-refractivity contribution < 1.29 is 5.11 Å². The van der Waals surface area contributed by atoms with Crippen molar-refractivity contribution >= 4 is 0 Å². The van der Waals surface area contributed by atoms with Crippen molar-refractivity contribution in [3.05, 3.63) is 0 Å². The maximum atomic E-state index is 8.78. The Morgan fingerprint density at radius 3 is 2.45 bits per heavy atom. The van der Waals surface area contributed by atoms with E-state index in [1.807, 2.05) is 0 Å². The third-order valence-electron chi connectivity index (χ3n) is 2.31. The van der Waals surface area contributed by atoms with Gasteiger partial charge in [0.15, 0.2) is 0 Å². The van der Waals surface area contributed by atoms with Gasteiger partial charge in [0.2, 0.25) is 0 Å². The molecule has 0 saturated heterocycles. The van der Waals surface area contributed by atoms with E-state index in [0.29, 0.717) is 12.6 Å². The van der Waals surface area contributed by atoms with Gasteiger partial charge in [0, 0.05) is 19.1 Å². The van der Waals surface area contributed by atoms with Crippen LogP contribution in [-0.4, -0.2) is 35.7 Å². The fourth-order valence-electron chi connectivity index (χ4n) is 1.32. The third-order valence-corrected chi connectivity index (χ3v) is 2.31. The van der Waals surface area contributed by atoms with Crippen LogP contribution in [0.2, 0.25) is 0 Å². The van der Waals surface area contributed by atoms with Gasteiger partial charge in [-0.2, -0.15) is 0 Å². The van der Waals surface area contributed by atoms with Crippen molar-refractivity contribution in [3.63, 3.8) is 0 Å². The van der Waals surface area contributed by atoms with Gasteiger partial charge in [-0.25, -0.2) is 0 Å². The van der Waals surface area contributed by atoms with Gasteiger partial charge in [-0.3, -0.25) is 4.90 Å². The first-order valence-electron chi connectivity index (χ1n) is 4.59. The van der Waals surface area contributed by atoms with E-state index in [0.717, 1.165) is 12.5 Å². The van der Waals surface area contributed by atoms with Crippen LogP contribution in [-0.2, 0) is 0 Å². The Morgan fingerprint density at radius 2 is 2.09 bits per heavy atom. The monoisotopic (exact) mass is 157 g/mol. The molecule has 1 aliphatic carbocycles. The summed E-state index contributed by atoms with van der Waals surface area (Å²) >= 11 is 0. The number of nitrogens with zero attached hydrogens (tertiary/aromatic N) is 1. The highest BCUT2D eigenvalue weighted by atomic mass is 16.3. The topological polar surface area (TPSA) is 23.5 Å². The van der Waals surface area contributed by atoms with Gasteiger partial charge in [0.05, 0.1) is 6.61 Å². The average molecular weight is 157 g/mol. The molecule has 0 radical (unpaired) electrons. The second-order valence-electron chi connectivity index (χ2n) is 3.76. The highest BCUT2D eigenvalue weighted by Crippen LogP contribution is 2.30. The smallest absolute Gasteiger partial charge is 0.0558 e. The summed E-state index contributed by atoms with van der Waals surface area (Å²) in [5, 5.41) is 8.78. The van der Waals surface area contributed by atoms with Gasteiger partial charge in [-0.1, -0.05) is 0 Å². The molecular formula is C9H19NO. The van der Waals surface area contributed by atoms with Crippen molar-refractivity contribution in [2.24, 2.45) is 5.92 Å². The van der Waals surface area contributed by atoms with E-state index in [1.54, 1.807) is 0 Å². The van der Waals surface area contributed by atoms with E-state index in [-0.39, 0.29) is 0 Å². The first-order valence-corrected chi connectivity index (χ1v) is 4.59. The molecule has 0 spiro atoms. The Labute approximate surface area is 69.2 Å². The molecule has 0 unspecified atom stereocenters. The molecule has 0 aliphatic heterocycles. The van der Waals surface area contributed by atoms with E-state index in [2.05, 4.69) is 18.7 Å². The van der Waals surface area contributed by atoms with Crippen LogP contribution in [0.4, 0.5) is 0 Å². The summed E-state index contributed by atoms with van der Waals surface area (Å²) < 4.78 is 0. The predicted octanol–water partition coefficient (Wildman–Crippen LogP) is 1.10. The lowest BCUT2D eigenvalue weighted by Crippen LogP contribution is -2.35. The molecule has 2 heteroatoms. The lowest BCUT2D eigenvalue weighted by molar-refractivity contribution is 0.160. The van der Waals surface area contributed by atoms with Crippen molar-refractivity contribution in [3.8, 4) is 0 Å². The summed E-state index contributed by atoms with van der Waals surface area (Å²) in [5.41, 5.74) is 0. The van der Waals surface area contributed by atoms with E-state index >= 15 is 0 Å². The SMILES string of the molecule is CC(C)N(CCO)CC1CC1. The molecule has 0 bridgehead atoms. The number of hydrogen-bond acceptors (Lipinski definition) is 2. The summed E-state index contributed by atoms with van der Waals surface area (Å²) in [5.74, 6) is 0.934. The molecular weight excluding hydrogens is 138 g/mol. The predicted molar refractivity (Wildman–Crippen MR) is 46.5 cm³/mol. The average Bonchev–Trinajstić information content (AvgIpc) is 2.70. The Morgan fingerprint density at radius 1 is 1.45 bits per heavy atom. The standard InChI is InChI=1S/C9H19NO/c1-8(2)10(5-6-11)7-9-3-4-9/h8-9,11H,3-7H2,1-2H3. The normalized spacial score (nSPS) is 18.3. The van der Waals surface area contributed by atoms with E-state index in [9.17, 15) is 0 Å². The molecule has 1 N–H and O–H groups in total. The number of aliphatic hydroxyl groups excluding tert-OH is 1. The van der Waals surface area contributed by atoms with Crippen LogP contribution in [0.15, 0.2) is 0 Å². The zero-order chi connectivity index (χ0) is 8.27. The minimum absolute atomic E-state index is 0.297. The van der Waals surface area contributed by atoms with Crippen LogP contribution < -0.4 is 0 Å². The quantitative estimate of drug-likeness (QED) is 0.646. The summed E-state index contributed by atoms with van der Waals surface area (Å²) in [6.45, 7) is 6.72. The maximum absolute atomic E-state index is 8.78. The van der Waals surface area contributed by atoms with Crippen LogP contribution in [0.3, 0.4) is 0 Å². The molecule has 0 aromatic rings. The van der Waals surface area contributed by atoms with Gasteiger partial charge < -0.3 is 5.11 Å². The van der Waals surface area contributed by atoms with Crippen molar-refractivity contribution in [2.45, 2.75) is 32.7 Å². The molecule has 0 heterocycles. The summed E-state index contributed by atoms with van der Waals surface area (Å²) in [7, 11) is 0. The number of aliphatic hydroxyl groups is 1. The highest BCUT2D eigenvalue weighted by Gasteiger charge is 2.24.